The molecular formula is C14H18ClNO3S. The van der Waals surface area contributed by atoms with Gasteiger partial charge in [-0.2, -0.15) is 5.26 Å². The van der Waals surface area contributed by atoms with Crippen LogP contribution in [-0.4, -0.2) is 15.0 Å². The van der Waals surface area contributed by atoms with Crippen molar-refractivity contribution < 1.29 is 13.2 Å². The van der Waals surface area contributed by atoms with Crippen LogP contribution in [0.5, 0.6) is 5.75 Å². The van der Waals surface area contributed by atoms with Crippen molar-refractivity contribution in [3.8, 4) is 11.8 Å². The summed E-state index contributed by atoms with van der Waals surface area (Å²) in [4.78, 5) is 0.131. The number of hydrogen-bond donors (Lipinski definition) is 0. The topological polar surface area (TPSA) is 67.2 Å². The number of hydrogen-bond acceptors (Lipinski definition) is 4. The summed E-state index contributed by atoms with van der Waals surface area (Å²) in [5.74, 6) is 0.698. The first-order valence-electron chi connectivity index (χ1n) is 6.34. The highest BCUT2D eigenvalue weighted by molar-refractivity contribution is 8.13. The van der Waals surface area contributed by atoms with Crippen LogP contribution in [0.25, 0.3) is 0 Å². The lowest BCUT2D eigenvalue weighted by molar-refractivity contribution is 0.303. The highest BCUT2D eigenvalue weighted by Crippen LogP contribution is 2.32. The molecule has 110 valence electrons. The van der Waals surface area contributed by atoms with E-state index in [-0.39, 0.29) is 4.90 Å². The van der Waals surface area contributed by atoms with Gasteiger partial charge in [0, 0.05) is 17.1 Å². The van der Waals surface area contributed by atoms with E-state index in [9.17, 15) is 8.42 Å². The Labute approximate surface area is 124 Å². The van der Waals surface area contributed by atoms with Gasteiger partial charge in [0.25, 0.3) is 9.05 Å². The summed E-state index contributed by atoms with van der Waals surface area (Å²) in [7, 11) is 1.68. The van der Waals surface area contributed by atoms with Crippen molar-refractivity contribution in [3.05, 3.63) is 22.8 Å². The maximum atomic E-state index is 11.5. The molecule has 1 aromatic rings. The largest absolute Gasteiger partial charge is 0.493 e. The second-order valence-corrected chi connectivity index (χ2v) is 7.21. The standard InChI is InChI=1S/C14H18ClNO3S/c1-10-9-13(20(15,17)18)11(2)12(3)14(10)19-8-6-4-5-7-16/h9H,4-6,8H2,1-3H3. The minimum atomic E-state index is -3.75. The van der Waals surface area contributed by atoms with Gasteiger partial charge < -0.3 is 4.74 Å². The van der Waals surface area contributed by atoms with E-state index < -0.39 is 9.05 Å². The van der Waals surface area contributed by atoms with Crippen LogP contribution in [-0.2, 0) is 9.05 Å². The third kappa shape index (κ3) is 4.12. The third-order valence-electron chi connectivity index (χ3n) is 3.17. The van der Waals surface area contributed by atoms with E-state index in [4.69, 9.17) is 20.7 Å². The minimum Gasteiger partial charge on any atom is -0.493 e. The number of benzene rings is 1. The molecule has 0 spiro atoms. The van der Waals surface area contributed by atoms with E-state index in [2.05, 4.69) is 6.07 Å². The Morgan fingerprint density at radius 2 is 1.90 bits per heavy atom. The molecule has 0 aliphatic rings. The highest BCUT2D eigenvalue weighted by Gasteiger charge is 2.19. The lowest BCUT2D eigenvalue weighted by Gasteiger charge is -2.16. The van der Waals surface area contributed by atoms with E-state index >= 15 is 0 Å². The Hall–Kier alpha value is -1.25. The van der Waals surface area contributed by atoms with Gasteiger partial charge in [0.1, 0.15) is 5.75 Å². The molecule has 0 unspecified atom stereocenters. The van der Waals surface area contributed by atoms with Crippen LogP contribution in [0.15, 0.2) is 11.0 Å². The van der Waals surface area contributed by atoms with Crippen LogP contribution in [0, 0.1) is 32.1 Å². The minimum absolute atomic E-state index is 0.131. The lowest BCUT2D eigenvalue weighted by Crippen LogP contribution is -2.05. The van der Waals surface area contributed by atoms with Gasteiger partial charge in [-0.1, -0.05) is 0 Å². The molecule has 6 heteroatoms. The number of unbranched alkanes of at least 4 members (excludes halogenated alkanes) is 2. The first kappa shape index (κ1) is 16.8. The van der Waals surface area contributed by atoms with E-state index in [1.54, 1.807) is 13.8 Å². The zero-order valence-corrected chi connectivity index (χ0v) is 13.4. The molecule has 0 bridgehead atoms. The number of nitrogens with zero attached hydrogens (tertiary/aromatic N) is 1. The Bertz CT molecular complexity index is 633. The fourth-order valence-corrected chi connectivity index (χ4v) is 3.29. The number of nitriles is 1. The molecule has 4 nitrogen and oxygen atoms in total. The molecule has 0 N–H and O–H groups in total. The zero-order chi connectivity index (χ0) is 15.3. The highest BCUT2D eigenvalue weighted by atomic mass is 35.7. The maximum Gasteiger partial charge on any atom is 0.261 e. The van der Waals surface area contributed by atoms with Crippen LogP contribution < -0.4 is 4.74 Å². The molecule has 0 saturated carbocycles. The molecule has 1 rings (SSSR count). The zero-order valence-electron chi connectivity index (χ0n) is 11.9. The molecular weight excluding hydrogens is 298 g/mol. The van der Waals surface area contributed by atoms with Gasteiger partial charge in [0.15, 0.2) is 0 Å². The average molecular weight is 316 g/mol. The van der Waals surface area contributed by atoms with E-state index in [1.165, 1.54) is 6.07 Å². The summed E-state index contributed by atoms with van der Waals surface area (Å²) in [6, 6.07) is 3.62. The second-order valence-electron chi connectivity index (χ2n) is 4.67. The molecule has 0 heterocycles. The summed E-state index contributed by atoms with van der Waals surface area (Å²) in [6.07, 6.45) is 2.10. The summed E-state index contributed by atoms with van der Waals surface area (Å²) < 4.78 is 28.7. The summed E-state index contributed by atoms with van der Waals surface area (Å²) in [5.41, 5.74) is 2.13. The number of halogens is 1. The first-order chi connectivity index (χ1) is 9.29. The van der Waals surface area contributed by atoms with Crippen LogP contribution in [0.3, 0.4) is 0 Å². The molecule has 0 amide bonds. The molecule has 0 atom stereocenters. The molecule has 0 saturated heterocycles. The number of aryl methyl sites for hydroxylation is 1. The van der Waals surface area contributed by atoms with E-state index in [0.717, 1.165) is 24.0 Å². The lowest BCUT2D eigenvalue weighted by atomic mass is 10.1. The quantitative estimate of drug-likeness (QED) is 0.594. The second kappa shape index (κ2) is 6.96. The van der Waals surface area contributed by atoms with Crippen molar-refractivity contribution in [3.63, 3.8) is 0 Å². The molecule has 0 aliphatic carbocycles. The maximum absolute atomic E-state index is 11.5. The fourth-order valence-electron chi connectivity index (χ4n) is 1.98. The van der Waals surface area contributed by atoms with Gasteiger partial charge in [-0.15, -0.1) is 0 Å². The van der Waals surface area contributed by atoms with Crippen LogP contribution in [0.2, 0.25) is 0 Å². The van der Waals surface area contributed by atoms with Gasteiger partial charge in [0.2, 0.25) is 0 Å². The molecule has 0 radical (unpaired) electrons. The molecule has 20 heavy (non-hydrogen) atoms. The Kier molecular flexibility index (Phi) is 5.85. The molecule has 0 fully saturated rings. The van der Waals surface area contributed by atoms with Crippen molar-refractivity contribution >= 4 is 19.7 Å². The van der Waals surface area contributed by atoms with Gasteiger partial charge >= 0.3 is 0 Å². The predicted molar refractivity (Wildman–Crippen MR) is 78.7 cm³/mol. The van der Waals surface area contributed by atoms with Crippen molar-refractivity contribution in [2.24, 2.45) is 0 Å². The molecule has 1 aromatic carbocycles. The van der Waals surface area contributed by atoms with Gasteiger partial charge in [-0.25, -0.2) is 8.42 Å². The van der Waals surface area contributed by atoms with Crippen molar-refractivity contribution in [1.29, 1.82) is 5.26 Å². The van der Waals surface area contributed by atoms with E-state index in [0.29, 0.717) is 24.3 Å². The van der Waals surface area contributed by atoms with Gasteiger partial charge in [-0.05, 0) is 56.4 Å². The summed E-state index contributed by atoms with van der Waals surface area (Å²) >= 11 is 0. The monoisotopic (exact) mass is 315 g/mol. The van der Waals surface area contributed by atoms with Gasteiger partial charge in [-0.3, -0.25) is 0 Å². The van der Waals surface area contributed by atoms with Crippen molar-refractivity contribution in [2.75, 3.05) is 6.61 Å². The number of rotatable bonds is 6. The third-order valence-corrected chi connectivity index (χ3v) is 4.62. The normalized spacial score (nSPS) is 11.2. The Morgan fingerprint density at radius 1 is 1.25 bits per heavy atom. The smallest absolute Gasteiger partial charge is 0.261 e. The van der Waals surface area contributed by atoms with Crippen LogP contribution in [0.1, 0.15) is 36.0 Å². The van der Waals surface area contributed by atoms with Gasteiger partial charge in [0.05, 0.1) is 17.6 Å². The average Bonchev–Trinajstić information content (AvgIpc) is 2.35. The van der Waals surface area contributed by atoms with E-state index in [1.807, 2.05) is 6.92 Å². The Morgan fingerprint density at radius 3 is 2.45 bits per heavy atom. The molecule has 0 aromatic heterocycles. The number of ether oxygens (including phenoxy) is 1. The summed E-state index contributed by atoms with van der Waals surface area (Å²) in [5, 5.41) is 8.45. The summed E-state index contributed by atoms with van der Waals surface area (Å²) in [6.45, 7) is 5.84. The fraction of sp³-hybridized carbons (Fsp3) is 0.500. The SMILES string of the molecule is Cc1cc(S(=O)(=O)Cl)c(C)c(C)c1OCCCCC#N. The first-order valence-corrected chi connectivity index (χ1v) is 8.65. The van der Waals surface area contributed by atoms with Crippen LogP contribution in [0.4, 0.5) is 0 Å². The van der Waals surface area contributed by atoms with Crippen molar-refractivity contribution in [1.82, 2.24) is 0 Å². The van der Waals surface area contributed by atoms with Crippen LogP contribution >= 0.6 is 10.7 Å². The molecule has 0 aliphatic heterocycles. The van der Waals surface area contributed by atoms with Crippen molar-refractivity contribution in [2.45, 2.75) is 44.9 Å². The predicted octanol–water partition coefficient (Wildman–Crippen LogP) is 3.61. The Balaban J connectivity index is 2.95.